The Hall–Kier alpha value is -3.46. The van der Waals surface area contributed by atoms with E-state index in [0.717, 1.165) is 46.0 Å². The number of H-pyrrole nitrogens is 1. The Labute approximate surface area is 194 Å². The fourth-order valence-electron chi connectivity index (χ4n) is 4.05. The van der Waals surface area contributed by atoms with Crippen LogP contribution in [0.1, 0.15) is 18.9 Å². The molecular formula is C24H23N5O3S. The Balaban J connectivity index is 1.10. The van der Waals surface area contributed by atoms with Gasteiger partial charge in [-0.05, 0) is 31.0 Å². The smallest absolute Gasteiger partial charge is 0.230 e. The van der Waals surface area contributed by atoms with Gasteiger partial charge < -0.3 is 19.8 Å². The van der Waals surface area contributed by atoms with Crippen LogP contribution >= 0.6 is 11.8 Å². The number of fused-ring (bicyclic) bond motifs is 2. The first-order valence-electron chi connectivity index (χ1n) is 11.1. The number of carbonyl (C=O) groups excluding carboxylic acids is 1. The van der Waals surface area contributed by atoms with Crippen LogP contribution in [0.2, 0.25) is 0 Å². The van der Waals surface area contributed by atoms with Crippen LogP contribution in [0, 0.1) is 0 Å². The third-order valence-corrected chi connectivity index (χ3v) is 6.78. The van der Waals surface area contributed by atoms with Gasteiger partial charge in [-0.2, -0.15) is 0 Å². The molecule has 1 aliphatic carbocycles. The van der Waals surface area contributed by atoms with Crippen molar-refractivity contribution >= 4 is 28.6 Å². The summed E-state index contributed by atoms with van der Waals surface area (Å²) in [5, 5.41) is 13.8. The molecule has 2 aromatic carbocycles. The number of carbonyl (C=O) groups is 1. The van der Waals surface area contributed by atoms with E-state index in [1.165, 1.54) is 11.8 Å². The lowest BCUT2D eigenvalue weighted by molar-refractivity contribution is -0.119. The van der Waals surface area contributed by atoms with E-state index in [-0.39, 0.29) is 17.8 Å². The summed E-state index contributed by atoms with van der Waals surface area (Å²) in [5.74, 6) is 2.50. The molecule has 0 bridgehead atoms. The maximum absolute atomic E-state index is 12.5. The van der Waals surface area contributed by atoms with Crippen molar-refractivity contribution in [3.05, 3.63) is 54.7 Å². The van der Waals surface area contributed by atoms with Crippen LogP contribution in [0.3, 0.4) is 0 Å². The second-order valence-corrected chi connectivity index (χ2v) is 9.19. The minimum Gasteiger partial charge on any atom is -0.486 e. The normalized spacial score (nSPS) is 17.3. The lowest BCUT2D eigenvalue weighted by atomic mass is 10.1. The molecule has 8 nitrogen and oxygen atoms in total. The predicted octanol–water partition coefficient (Wildman–Crippen LogP) is 3.81. The van der Waals surface area contributed by atoms with E-state index < -0.39 is 0 Å². The lowest BCUT2D eigenvalue weighted by Gasteiger charge is -2.26. The summed E-state index contributed by atoms with van der Waals surface area (Å²) in [4.78, 5) is 15.8. The Morgan fingerprint density at radius 2 is 1.94 bits per heavy atom. The quantitative estimate of drug-likeness (QED) is 0.407. The molecule has 1 fully saturated rings. The highest BCUT2D eigenvalue weighted by molar-refractivity contribution is 7.99. The van der Waals surface area contributed by atoms with E-state index >= 15 is 0 Å². The summed E-state index contributed by atoms with van der Waals surface area (Å²) in [5.41, 5.74) is 2.11. The van der Waals surface area contributed by atoms with Crippen molar-refractivity contribution in [2.75, 3.05) is 18.9 Å². The molecule has 1 saturated carbocycles. The predicted molar refractivity (Wildman–Crippen MR) is 126 cm³/mol. The van der Waals surface area contributed by atoms with Gasteiger partial charge in [0.1, 0.15) is 12.7 Å². The molecule has 2 aromatic heterocycles. The van der Waals surface area contributed by atoms with Crippen LogP contribution in [-0.4, -0.2) is 50.7 Å². The zero-order valence-electron chi connectivity index (χ0n) is 17.9. The molecule has 2 N–H and O–H groups in total. The van der Waals surface area contributed by atoms with Gasteiger partial charge in [-0.3, -0.25) is 9.36 Å². The number of hydrogen-bond donors (Lipinski definition) is 2. The van der Waals surface area contributed by atoms with Crippen LogP contribution in [-0.2, 0) is 4.79 Å². The summed E-state index contributed by atoms with van der Waals surface area (Å²) in [6.07, 6.45) is 3.98. The van der Waals surface area contributed by atoms with Crippen molar-refractivity contribution in [2.45, 2.75) is 30.1 Å². The molecule has 1 amide bonds. The van der Waals surface area contributed by atoms with Crippen molar-refractivity contribution in [2.24, 2.45) is 0 Å². The number of amides is 1. The molecule has 1 aliphatic heterocycles. The first kappa shape index (κ1) is 20.2. The Morgan fingerprint density at radius 1 is 1.12 bits per heavy atom. The molecule has 168 valence electrons. The molecule has 1 atom stereocenters. The van der Waals surface area contributed by atoms with Crippen molar-refractivity contribution < 1.29 is 14.3 Å². The number of thioether (sulfide) groups is 1. The number of benzene rings is 2. The molecule has 4 aromatic rings. The molecule has 9 heteroatoms. The SMILES string of the molecule is O=C(CSc1nnc(-c2c[nH]c3ccccc23)n1C1CC1)NC[C@H]1COc2ccccc2O1. The maximum Gasteiger partial charge on any atom is 0.230 e. The summed E-state index contributed by atoms with van der Waals surface area (Å²) in [6, 6.07) is 16.1. The fourth-order valence-corrected chi connectivity index (χ4v) is 4.89. The molecular weight excluding hydrogens is 438 g/mol. The summed E-state index contributed by atoms with van der Waals surface area (Å²) in [7, 11) is 0. The van der Waals surface area contributed by atoms with Gasteiger partial charge in [0.15, 0.2) is 22.5 Å². The Morgan fingerprint density at radius 3 is 2.82 bits per heavy atom. The molecule has 0 saturated heterocycles. The van der Waals surface area contributed by atoms with Crippen LogP contribution < -0.4 is 14.8 Å². The van der Waals surface area contributed by atoms with Gasteiger partial charge in [0.2, 0.25) is 5.91 Å². The van der Waals surface area contributed by atoms with Crippen molar-refractivity contribution in [1.29, 1.82) is 0 Å². The highest BCUT2D eigenvalue weighted by atomic mass is 32.2. The number of nitrogens with zero attached hydrogens (tertiary/aromatic N) is 3. The van der Waals surface area contributed by atoms with E-state index in [1.54, 1.807) is 0 Å². The summed E-state index contributed by atoms with van der Waals surface area (Å²) >= 11 is 1.42. The van der Waals surface area contributed by atoms with Gasteiger partial charge in [-0.1, -0.05) is 42.1 Å². The minimum atomic E-state index is -0.211. The molecule has 2 aliphatic rings. The van der Waals surface area contributed by atoms with Gasteiger partial charge >= 0.3 is 0 Å². The van der Waals surface area contributed by atoms with Crippen LogP contribution in [0.5, 0.6) is 11.5 Å². The zero-order chi connectivity index (χ0) is 22.2. The van der Waals surface area contributed by atoms with Gasteiger partial charge in [-0.15, -0.1) is 10.2 Å². The first-order valence-corrected chi connectivity index (χ1v) is 12.0. The van der Waals surface area contributed by atoms with E-state index in [1.807, 2.05) is 42.6 Å². The van der Waals surface area contributed by atoms with Crippen molar-refractivity contribution in [3.8, 4) is 22.9 Å². The van der Waals surface area contributed by atoms with E-state index in [4.69, 9.17) is 9.47 Å². The molecule has 6 rings (SSSR count). The average molecular weight is 462 g/mol. The Kier molecular flexibility index (Phi) is 5.18. The van der Waals surface area contributed by atoms with E-state index in [9.17, 15) is 4.79 Å². The maximum atomic E-state index is 12.5. The summed E-state index contributed by atoms with van der Waals surface area (Å²) < 4.78 is 13.8. The molecule has 33 heavy (non-hydrogen) atoms. The van der Waals surface area contributed by atoms with Crippen LogP contribution in [0.25, 0.3) is 22.3 Å². The highest BCUT2D eigenvalue weighted by Gasteiger charge is 2.31. The topological polar surface area (TPSA) is 94.1 Å². The van der Waals surface area contributed by atoms with Gasteiger partial charge in [0.05, 0.1) is 12.3 Å². The van der Waals surface area contributed by atoms with Crippen molar-refractivity contribution in [1.82, 2.24) is 25.1 Å². The Bertz CT molecular complexity index is 1310. The van der Waals surface area contributed by atoms with Gasteiger partial charge in [-0.25, -0.2) is 0 Å². The molecule has 0 radical (unpaired) electrons. The second kappa shape index (κ2) is 8.47. The standard InChI is InChI=1S/C24H23N5O3S/c30-22(26-11-16-13-31-20-7-3-4-8-21(20)32-16)14-33-24-28-27-23(29(24)15-9-10-15)18-12-25-19-6-2-1-5-17(18)19/h1-8,12,15-16,25H,9-11,13-14H2,(H,26,30)/t16-/m0/s1. The van der Waals surface area contributed by atoms with E-state index in [2.05, 4.69) is 37.2 Å². The van der Waals surface area contributed by atoms with Crippen LogP contribution in [0.4, 0.5) is 0 Å². The molecule has 0 spiro atoms. The van der Waals surface area contributed by atoms with E-state index in [0.29, 0.717) is 24.9 Å². The number of para-hydroxylation sites is 3. The van der Waals surface area contributed by atoms with Gasteiger partial charge in [0.25, 0.3) is 0 Å². The number of aromatic nitrogens is 4. The largest absolute Gasteiger partial charge is 0.486 e. The monoisotopic (exact) mass is 461 g/mol. The second-order valence-electron chi connectivity index (χ2n) is 8.25. The lowest BCUT2D eigenvalue weighted by Crippen LogP contribution is -2.41. The van der Waals surface area contributed by atoms with Crippen molar-refractivity contribution in [3.63, 3.8) is 0 Å². The molecule has 3 heterocycles. The number of aromatic amines is 1. The number of rotatable bonds is 7. The average Bonchev–Trinajstić information content (AvgIpc) is 3.46. The van der Waals surface area contributed by atoms with Gasteiger partial charge in [0, 0.05) is 28.7 Å². The number of ether oxygens (including phenoxy) is 2. The first-order chi connectivity index (χ1) is 16.3. The summed E-state index contributed by atoms with van der Waals surface area (Å²) in [6.45, 7) is 0.804. The minimum absolute atomic E-state index is 0.0681. The zero-order valence-corrected chi connectivity index (χ0v) is 18.7. The fraction of sp³-hybridized carbons (Fsp3) is 0.292. The third kappa shape index (κ3) is 4.04. The van der Waals surface area contributed by atoms with Crippen LogP contribution in [0.15, 0.2) is 59.9 Å². The highest BCUT2D eigenvalue weighted by Crippen LogP contribution is 2.42. The molecule has 0 unspecified atom stereocenters. The third-order valence-electron chi connectivity index (χ3n) is 5.83. The number of hydrogen-bond acceptors (Lipinski definition) is 6. The number of nitrogens with one attached hydrogen (secondary N) is 2.